The Balaban J connectivity index is 1.61. The number of nitrogens with zero attached hydrogens (tertiary/aromatic N) is 1. The van der Waals surface area contributed by atoms with Crippen molar-refractivity contribution in [1.82, 2.24) is 15.5 Å². The number of carbonyl (C=O) groups excluding carboxylic acids is 1. The second kappa shape index (κ2) is 7.01. The van der Waals surface area contributed by atoms with Gasteiger partial charge in [0.2, 0.25) is 0 Å². The molecule has 124 valence electrons. The predicted octanol–water partition coefficient (Wildman–Crippen LogP) is 2.14. The minimum atomic E-state index is -0.840. The van der Waals surface area contributed by atoms with Gasteiger partial charge in [-0.25, -0.2) is 0 Å². The van der Waals surface area contributed by atoms with Gasteiger partial charge in [0.25, 0.3) is 5.91 Å². The molecule has 0 aliphatic carbocycles. The molecular weight excluding hydrogens is 310 g/mol. The van der Waals surface area contributed by atoms with Crippen LogP contribution in [0.15, 0.2) is 53.1 Å². The third-order valence-corrected chi connectivity index (χ3v) is 3.53. The summed E-state index contributed by atoms with van der Waals surface area (Å²) < 4.78 is 10.4. The summed E-state index contributed by atoms with van der Waals surface area (Å²) in [6.45, 7) is 0.0644. The van der Waals surface area contributed by atoms with Crippen molar-refractivity contribution in [2.24, 2.45) is 0 Å². The van der Waals surface area contributed by atoms with E-state index < -0.39 is 6.10 Å². The Morgan fingerprint density at radius 3 is 3.00 bits per heavy atom. The summed E-state index contributed by atoms with van der Waals surface area (Å²) in [5, 5.41) is 19.5. The molecule has 7 nitrogen and oxygen atoms in total. The summed E-state index contributed by atoms with van der Waals surface area (Å²) in [4.78, 5) is 12.1. The molecule has 7 heteroatoms. The third kappa shape index (κ3) is 3.47. The van der Waals surface area contributed by atoms with Crippen molar-refractivity contribution in [3.63, 3.8) is 0 Å². The normalized spacial score (nSPS) is 11.9. The van der Waals surface area contributed by atoms with Gasteiger partial charge in [-0.1, -0.05) is 12.1 Å². The standard InChI is InChI=1S/C17H17N3O4/c1-23-12-5-2-4-11(8-12)15(21)10-18-17(22)14-9-13(19-20-14)16-6-3-7-24-16/h2-9,15,21H,10H2,1H3,(H,18,22)(H,19,20). The molecule has 0 fully saturated rings. The molecule has 1 atom stereocenters. The molecule has 3 aromatic rings. The Kier molecular flexibility index (Phi) is 4.62. The number of aliphatic hydroxyl groups excluding tert-OH is 1. The number of carbonyl (C=O) groups is 1. The summed E-state index contributed by atoms with van der Waals surface area (Å²) in [6, 6.07) is 12.2. The first-order valence-corrected chi connectivity index (χ1v) is 7.37. The Hall–Kier alpha value is -3.06. The first kappa shape index (κ1) is 15.8. The van der Waals surface area contributed by atoms with Gasteiger partial charge in [-0.15, -0.1) is 0 Å². The summed E-state index contributed by atoms with van der Waals surface area (Å²) in [5.74, 6) is 0.859. The number of benzene rings is 1. The van der Waals surface area contributed by atoms with Crippen molar-refractivity contribution in [3.05, 3.63) is 60.0 Å². The zero-order valence-corrected chi connectivity index (χ0v) is 13.0. The molecule has 1 unspecified atom stereocenters. The van der Waals surface area contributed by atoms with Gasteiger partial charge in [0, 0.05) is 12.6 Å². The van der Waals surface area contributed by atoms with Crippen molar-refractivity contribution >= 4 is 5.91 Å². The highest BCUT2D eigenvalue weighted by atomic mass is 16.5. The lowest BCUT2D eigenvalue weighted by Gasteiger charge is -2.12. The predicted molar refractivity (Wildman–Crippen MR) is 86.6 cm³/mol. The Morgan fingerprint density at radius 2 is 2.25 bits per heavy atom. The Bertz CT molecular complexity index is 811. The SMILES string of the molecule is COc1cccc(C(O)CNC(=O)c2cc(-c3ccco3)[nH]n2)c1. The number of nitrogens with one attached hydrogen (secondary N) is 2. The quantitative estimate of drug-likeness (QED) is 0.644. The molecule has 0 saturated heterocycles. The monoisotopic (exact) mass is 327 g/mol. The molecule has 0 bridgehead atoms. The van der Waals surface area contributed by atoms with Gasteiger partial charge in [-0.05, 0) is 29.8 Å². The van der Waals surface area contributed by atoms with Gasteiger partial charge >= 0.3 is 0 Å². The molecule has 0 spiro atoms. The van der Waals surface area contributed by atoms with E-state index in [2.05, 4.69) is 15.5 Å². The number of ether oxygens (including phenoxy) is 1. The van der Waals surface area contributed by atoms with Crippen LogP contribution in [0, 0.1) is 0 Å². The van der Waals surface area contributed by atoms with E-state index in [1.165, 1.54) is 0 Å². The van der Waals surface area contributed by atoms with Gasteiger partial charge in [0.1, 0.15) is 11.4 Å². The van der Waals surface area contributed by atoms with E-state index >= 15 is 0 Å². The maximum absolute atomic E-state index is 12.1. The molecule has 1 aromatic carbocycles. The van der Waals surface area contributed by atoms with Crippen molar-refractivity contribution in [1.29, 1.82) is 0 Å². The van der Waals surface area contributed by atoms with Gasteiger partial charge in [0.15, 0.2) is 11.5 Å². The lowest BCUT2D eigenvalue weighted by Crippen LogP contribution is -2.28. The van der Waals surface area contributed by atoms with Crippen molar-refractivity contribution in [3.8, 4) is 17.2 Å². The molecule has 0 aliphatic rings. The van der Waals surface area contributed by atoms with Crippen LogP contribution >= 0.6 is 0 Å². The highest BCUT2D eigenvalue weighted by molar-refractivity contribution is 5.93. The first-order chi connectivity index (χ1) is 11.7. The van der Waals surface area contributed by atoms with E-state index in [9.17, 15) is 9.90 Å². The number of hydrogen-bond acceptors (Lipinski definition) is 5. The fourth-order valence-corrected chi connectivity index (χ4v) is 2.24. The van der Waals surface area contributed by atoms with Crippen LogP contribution in [-0.2, 0) is 0 Å². The number of aromatic nitrogens is 2. The zero-order valence-electron chi connectivity index (χ0n) is 13.0. The molecule has 1 amide bonds. The van der Waals surface area contributed by atoms with E-state index in [1.54, 1.807) is 55.8 Å². The van der Waals surface area contributed by atoms with Gasteiger partial charge in [-0.3, -0.25) is 9.89 Å². The van der Waals surface area contributed by atoms with E-state index in [1.807, 2.05) is 0 Å². The maximum atomic E-state index is 12.1. The van der Waals surface area contributed by atoms with Crippen molar-refractivity contribution < 1.29 is 19.1 Å². The summed E-state index contributed by atoms with van der Waals surface area (Å²) in [5.41, 5.74) is 1.49. The van der Waals surface area contributed by atoms with Crippen LogP contribution in [0.5, 0.6) is 5.75 Å². The second-order valence-electron chi connectivity index (χ2n) is 5.15. The van der Waals surface area contributed by atoms with Gasteiger partial charge in [-0.2, -0.15) is 5.10 Å². The highest BCUT2D eigenvalue weighted by Crippen LogP contribution is 2.19. The molecule has 0 aliphatic heterocycles. The van der Waals surface area contributed by atoms with Gasteiger partial charge < -0.3 is 19.6 Å². The number of amides is 1. The largest absolute Gasteiger partial charge is 0.497 e. The van der Waals surface area contributed by atoms with E-state index in [-0.39, 0.29) is 18.1 Å². The van der Waals surface area contributed by atoms with Crippen LogP contribution in [0.1, 0.15) is 22.2 Å². The van der Waals surface area contributed by atoms with Gasteiger partial charge in [0.05, 0.1) is 19.5 Å². The summed E-state index contributed by atoms with van der Waals surface area (Å²) in [6.07, 6.45) is 0.702. The highest BCUT2D eigenvalue weighted by Gasteiger charge is 2.15. The number of methoxy groups -OCH3 is 1. The molecule has 2 heterocycles. The second-order valence-corrected chi connectivity index (χ2v) is 5.15. The zero-order chi connectivity index (χ0) is 16.9. The molecule has 24 heavy (non-hydrogen) atoms. The van der Waals surface area contributed by atoms with Crippen LogP contribution in [0.2, 0.25) is 0 Å². The number of rotatable bonds is 6. The van der Waals surface area contributed by atoms with E-state index in [0.717, 1.165) is 0 Å². The average Bonchev–Trinajstić information content (AvgIpc) is 3.30. The molecule has 2 aromatic heterocycles. The van der Waals surface area contributed by atoms with Crippen LogP contribution < -0.4 is 10.1 Å². The lowest BCUT2D eigenvalue weighted by molar-refractivity contribution is 0.0911. The number of aromatic amines is 1. The maximum Gasteiger partial charge on any atom is 0.271 e. The molecule has 3 N–H and O–H groups in total. The Labute approximate surface area is 138 Å². The number of H-pyrrole nitrogens is 1. The lowest BCUT2D eigenvalue weighted by atomic mass is 10.1. The van der Waals surface area contributed by atoms with E-state index in [4.69, 9.17) is 9.15 Å². The van der Waals surface area contributed by atoms with Crippen LogP contribution in [-0.4, -0.2) is 34.9 Å². The van der Waals surface area contributed by atoms with E-state index in [0.29, 0.717) is 22.8 Å². The number of hydrogen-bond donors (Lipinski definition) is 3. The number of aliphatic hydroxyl groups is 1. The molecule has 0 radical (unpaired) electrons. The first-order valence-electron chi connectivity index (χ1n) is 7.37. The van der Waals surface area contributed by atoms with Crippen LogP contribution in [0.25, 0.3) is 11.5 Å². The summed E-state index contributed by atoms with van der Waals surface area (Å²) in [7, 11) is 1.56. The van der Waals surface area contributed by atoms with Crippen molar-refractivity contribution in [2.75, 3.05) is 13.7 Å². The average molecular weight is 327 g/mol. The minimum absolute atomic E-state index is 0.0644. The topological polar surface area (TPSA) is 100 Å². The van der Waals surface area contributed by atoms with Crippen molar-refractivity contribution in [2.45, 2.75) is 6.10 Å². The fraction of sp³-hybridized carbons (Fsp3) is 0.176. The summed E-state index contributed by atoms with van der Waals surface area (Å²) >= 11 is 0. The molecule has 3 rings (SSSR count). The third-order valence-electron chi connectivity index (χ3n) is 3.53. The molecule has 0 saturated carbocycles. The smallest absolute Gasteiger partial charge is 0.271 e. The van der Waals surface area contributed by atoms with Crippen LogP contribution in [0.3, 0.4) is 0 Å². The van der Waals surface area contributed by atoms with Crippen LogP contribution in [0.4, 0.5) is 0 Å². The number of furan rings is 1. The minimum Gasteiger partial charge on any atom is -0.497 e. The fourth-order valence-electron chi connectivity index (χ4n) is 2.24. The molecular formula is C17H17N3O4. The Morgan fingerprint density at radius 1 is 1.38 bits per heavy atom.